The van der Waals surface area contributed by atoms with Crippen LogP contribution in [0.25, 0.3) is 72.7 Å². The second kappa shape index (κ2) is 11.1. The van der Waals surface area contributed by atoms with Gasteiger partial charge in [-0.1, -0.05) is 164 Å². The third kappa shape index (κ3) is 4.43. The van der Waals surface area contributed by atoms with Gasteiger partial charge in [0.1, 0.15) is 11.5 Å². The number of hydrogen-bond acceptors (Lipinski definition) is 2. The van der Waals surface area contributed by atoms with Gasteiger partial charge in [0.05, 0.1) is 5.69 Å². The monoisotopic (exact) mass is 625 g/mol. The zero-order chi connectivity index (χ0) is 32.3. The molecule has 2 aromatic heterocycles. The van der Waals surface area contributed by atoms with Crippen molar-refractivity contribution in [2.45, 2.75) is 11.8 Å². The first kappa shape index (κ1) is 27.8. The molecular weight excluding hydrogens is 595 g/mol. The van der Waals surface area contributed by atoms with E-state index in [1.807, 2.05) is 18.2 Å². The number of hydrogen-bond donors (Lipinski definition) is 0. The normalized spacial score (nSPS) is 16.0. The van der Waals surface area contributed by atoms with E-state index >= 15 is 0 Å². The number of fused-ring (bicyclic) bond motifs is 9. The van der Waals surface area contributed by atoms with Gasteiger partial charge in [0.25, 0.3) is 0 Å². The summed E-state index contributed by atoms with van der Waals surface area (Å²) >= 11 is 0. The van der Waals surface area contributed by atoms with E-state index in [1.165, 1.54) is 27.8 Å². The predicted molar refractivity (Wildman–Crippen MR) is 201 cm³/mol. The summed E-state index contributed by atoms with van der Waals surface area (Å²) in [7, 11) is 0. The van der Waals surface area contributed by atoms with Gasteiger partial charge in [-0.2, -0.15) is 0 Å². The standard InChI is InChI=1S/C46H31N3/c1-3-14-30(15-4-1)43-40-24-11-12-25-41(40)46-48-44(31-16-5-2-6-17-31)47-45(49(43)46)34-19-13-18-32(28-34)33-26-27-39-37-22-8-7-20-35(37)36-21-9-10-23-38(36)42(39)29-33/h1-29,36,38H. The van der Waals surface area contributed by atoms with Crippen molar-refractivity contribution in [2.75, 3.05) is 0 Å². The van der Waals surface area contributed by atoms with Crippen LogP contribution in [-0.4, -0.2) is 14.4 Å². The minimum atomic E-state index is 0.314. The van der Waals surface area contributed by atoms with Crippen molar-refractivity contribution in [1.29, 1.82) is 0 Å². The second-order valence-corrected chi connectivity index (χ2v) is 12.9. The highest BCUT2D eigenvalue weighted by molar-refractivity contribution is 6.06. The van der Waals surface area contributed by atoms with Crippen molar-refractivity contribution >= 4 is 16.4 Å². The highest BCUT2D eigenvalue weighted by Crippen LogP contribution is 2.50. The Morgan fingerprint density at radius 1 is 0.429 bits per heavy atom. The molecule has 0 aliphatic heterocycles. The maximum atomic E-state index is 5.34. The molecule has 0 bridgehead atoms. The largest absolute Gasteiger partial charge is 0.277 e. The molecule has 0 radical (unpaired) electrons. The van der Waals surface area contributed by atoms with Crippen molar-refractivity contribution < 1.29 is 0 Å². The van der Waals surface area contributed by atoms with Gasteiger partial charge in [-0.05, 0) is 51.1 Å². The Bertz CT molecular complexity index is 2610. The van der Waals surface area contributed by atoms with Crippen LogP contribution in [0.5, 0.6) is 0 Å². The van der Waals surface area contributed by atoms with E-state index in [4.69, 9.17) is 9.97 Å². The molecule has 0 spiro atoms. The van der Waals surface area contributed by atoms with Crippen LogP contribution in [-0.2, 0) is 0 Å². The zero-order valence-corrected chi connectivity index (χ0v) is 26.7. The molecule has 2 unspecified atom stereocenters. The first-order chi connectivity index (χ1) is 24.3. The molecule has 0 saturated carbocycles. The number of nitrogens with zero attached hydrogens (tertiary/aromatic N) is 3. The van der Waals surface area contributed by atoms with E-state index in [0.29, 0.717) is 17.7 Å². The van der Waals surface area contributed by atoms with Crippen molar-refractivity contribution in [3.05, 3.63) is 187 Å². The minimum Gasteiger partial charge on any atom is -0.277 e. The van der Waals surface area contributed by atoms with Gasteiger partial charge < -0.3 is 0 Å². The summed E-state index contributed by atoms with van der Waals surface area (Å²) in [6, 6.07) is 54.2. The Balaban J connectivity index is 1.20. The van der Waals surface area contributed by atoms with Gasteiger partial charge in [0.15, 0.2) is 5.82 Å². The highest BCUT2D eigenvalue weighted by atomic mass is 15.1. The molecule has 230 valence electrons. The lowest BCUT2D eigenvalue weighted by Crippen LogP contribution is -2.16. The molecule has 49 heavy (non-hydrogen) atoms. The molecule has 2 atom stereocenters. The van der Waals surface area contributed by atoms with Gasteiger partial charge in [-0.3, -0.25) is 4.40 Å². The Morgan fingerprint density at radius 2 is 1.04 bits per heavy atom. The Kier molecular flexibility index (Phi) is 6.31. The number of benzene rings is 6. The van der Waals surface area contributed by atoms with Crippen LogP contribution >= 0.6 is 0 Å². The lowest BCUT2D eigenvalue weighted by atomic mass is 9.69. The third-order valence-corrected chi connectivity index (χ3v) is 10.2. The third-order valence-electron chi connectivity index (χ3n) is 10.2. The van der Waals surface area contributed by atoms with E-state index in [1.54, 1.807) is 0 Å². The van der Waals surface area contributed by atoms with Crippen LogP contribution in [0, 0.1) is 0 Å². The van der Waals surface area contributed by atoms with Crippen LogP contribution in [0.4, 0.5) is 0 Å². The SMILES string of the molecule is C1=CC2c3ccccc3-c3ccc(-c4cccc(-c5nc(-c6ccccc6)nc6c7ccccc7c(-c7ccccc7)n56)c4)cc3C2C=C1. The number of rotatable bonds is 4. The molecule has 3 heteroatoms. The topological polar surface area (TPSA) is 30.2 Å². The first-order valence-electron chi connectivity index (χ1n) is 16.9. The molecule has 2 aliphatic carbocycles. The summed E-state index contributed by atoms with van der Waals surface area (Å²) in [6.45, 7) is 0. The maximum absolute atomic E-state index is 5.34. The average molecular weight is 626 g/mol. The van der Waals surface area contributed by atoms with E-state index in [2.05, 4.69) is 162 Å². The fraction of sp³-hybridized carbons (Fsp3) is 0.0435. The van der Waals surface area contributed by atoms with Gasteiger partial charge in [-0.15, -0.1) is 0 Å². The summed E-state index contributed by atoms with van der Waals surface area (Å²) in [4.78, 5) is 10.6. The van der Waals surface area contributed by atoms with Crippen LogP contribution in [0.1, 0.15) is 23.0 Å². The zero-order valence-electron chi connectivity index (χ0n) is 26.7. The number of allylic oxidation sites excluding steroid dienone is 4. The van der Waals surface area contributed by atoms with E-state index in [-0.39, 0.29) is 0 Å². The number of aromatic nitrogens is 3. The van der Waals surface area contributed by atoms with E-state index in [9.17, 15) is 0 Å². The fourth-order valence-electron chi connectivity index (χ4n) is 7.95. The van der Waals surface area contributed by atoms with Gasteiger partial charge in [-0.25, -0.2) is 9.97 Å². The molecule has 0 fully saturated rings. The van der Waals surface area contributed by atoms with Crippen molar-refractivity contribution in [2.24, 2.45) is 0 Å². The lowest BCUT2D eigenvalue weighted by Gasteiger charge is -2.34. The molecule has 0 saturated heterocycles. The van der Waals surface area contributed by atoms with Gasteiger partial charge in [0.2, 0.25) is 0 Å². The highest BCUT2D eigenvalue weighted by Gasteiger charge is 2.31. The Morgan fingerprint density at radius 3 is 1.86 bits per heavy atom. The van der Waals surface area contributed by atoms with Crippen LogP contribution in [0.15, 0.2) is 176 Å². The smallest absolute Gasteiger partial charge is 0.163 e. The van der Waals surface area contributed by atoms with Gasteiger partial charge >= 0.3 is 0 Å². The predicted octanol–water partition coefficient (Wildman–Crippen LogP) is 11.5. The lowest BCUT2D eigenvalue weighted by molar-refractivity contribution is 0.720. The molecule has 2 heterocycles. The van der Waals surface area contributed by atoms with Crippen LogP contribution in [0.3, 0.4) is 0 Å². The van der Waals surface area contributed by atoms with Crippen LogP contribution in [0.2, 0.25) is 0 Å². The van der Waals surface area contributed by atoms with E-state index < -0.39 is 0 Å². The summed E-state index contributed by atoms with van der Waals surface area (Å²) in [5.74, 6) is 2.24. The van der Waals surface area contributed by atoms with Crippen LogP contribution < -0.4 is 0 Å². The minimum absolute atomic E-state index is 0.314. The molecule has 3 nitrogen and oxygen atoms in total. The quantitative estimate of drug-likeness (QED) is 0.195. The molecule has 2 aliphatic rings. The maximum Gasteiger partial charge on any atom is 0.163 e. The first-order valence-corrected chi connectivity index (χ1v) is 16.9. The van der Waals surface area contributed by atoms with Crippen molar-refractivity contribution in [3.8, 4) is 56.3 Å². The molecule has 10 rings (SSSR count). The van der Waals surface area contributed by atoms with Crippen molar-refractivity contribution in [3.63, 3.8) is 0 Å². The van der Waals surface area contributed by atoms with E-state index in [0.717, 1.165) is 50.2 Å². The van der Waals surface area contributed by atoms with Gasteiger partial charge in [0, 0.05) is 33.7 Å². The fourth-order valence-corrected chi connectivity index (χ4v) is 7.95. The average Bonchev–Trinajstić information content (AvgIpc) is 3.52. The Labute approximate surface area is 285 Å². The van der Waals surface area contributed by atoms with Crippen molar-refractivity contribution in [1.82, 2.24) is 14.4 Å². The molecule has 0 N–H and O–H groups in total. The summed E-state index contributed by atoms with van der Waals surface area (Å²) in [5, 5.41) is 2.27. The Hall–Kier alpha value is -6.32. The second-order valence-electron chi connectivity index (χ2n) is 12.9. The summed E-state index contributed by atoms with van der Waals surface area (Å²) < 4.78 is 2.26. The molecular formula is C46H31N3. The molecule has 0 amide bonds. The summed E-state index contributed by atoms with van der Waals surface area (Å²) in [5.41, 5.74) is 13.0. The molecule has 8 aromatic rings. The molecule has 6 aromatic carbocycles. The summed E-state index contributed by atoms with van der Waals surface area (Å²) in [6.07, 6.45) is 9.11.